The summed E-state index contributed by atoms with van der Waals surface area (Å²) in [6.07, 6.45) is 1.10. The highest BCUT2D eigenvalue weighted by atomic mass is 16.2. The van der Waals surface area contributed by atoms with Crippen LogP contribution in [0.25, 0.3) is 0 Å². The highest BCUT2D eigenvalue weighted by molar-refractivity contribution is 5.73. The highest BCUT2D eigenvalue weighted by Crippen LogP contribution is 2.25. The molecular weight excluding hydrogens is 298 g/mol. The van der Waals surface area contributed by atoms with Gasteiger partial charge in [0.15, 0.2) is 0 Å². The molecule has 2 aliphatic heterocycles. The van der Waals surface area contributed by atoms with Crippen molar-refractivity contribution in [1.82, 2.24) is 14.7 Å². The third kappa shape index (κ3) is 3.98. The molecule has 4 nitrogen and oxygen atoms in total. The quantitative estimate of drug-likeness (QED) is 0.852. The van der Waals surface area contributed by atoms with Crippen LogP contribution in [0.2, 0.25) is 0 Å². The number of hydrogen-bond acceptors (Lipinski definition) is 3. The lowest BCUT2D eigenvalue weighted by atomic mass is 10.0. The van der Waals surface area contributed by atoms with Gasteiger partial charge in [-0.25, -0.2) is 0 Å². The Labute approximate surface area is 146 Å². The molecule has 1 aromatic rings. The van der Waals surface area contributed by atoms with Crippen LogP contribution in [0.3, 0.4) is 0 Å². The Bertz CT molecular complexity index is 574. The molecule has 4 heteroatoms. The van der Waals surface area contributed by atoms with Gasteiger partial charge in [0.1, 0.15) is 0 Å². The van der Waals surface area contributed by atoms with Gasteiger partial charge in [0.05, 0.1) is 0 Å². The monoisotopic (exact) mass is 329 g/mol. The third-order valence-corrected chi connectivity index (χ3v) is 5.75. The Balaban J connectivity index is 1.59. The molecule has 3 rings (SSSR count). The number of likely N-dealkylation sites (tertiary alicyclic amines) is 1. The van der Waals surface area contributed by atoms with Crippen molar-refractivity contribution in [1.29, 1.82) is 0 Å². The summed E-state index contributed by atoms with van der Waals surface area (Å²) in [4.78, 5) is 18.9. The number of rotatable bonds is 3. The average Bonchev–Trinajstić information content (AvgIpc) is 2.76. The molecule has 1 aromatic carbocycles. The number of aryl methyl sites for hydroxylation is 1. The predicted molar refractivity (Wildman–Crippen MR) is 97.9 cm³/mol. The Morgan fingerprint density at radius 3 is 2.67 bits per heavy atom. The van der Waals surface area contributed by atoms with Gasteiger partial charge in [-0.15, -0.1) is 0 Å². The fourth-order valence-corrected chi connectivity index (χ4v) is 4.26. The minimum atomic E-state index is 0.220. The van der Waals surface area contributed by atoms with Crippen LogP contribution < -0.4 is 0 Å². The van der Waals surface area contributed by atoms with Crippen LogP contribution in [0.5, 0.6) is 0 Å². The van der Waals surface area contributed by atoms with Crippen LogP contribution in [-0.4, -0.2) is 65.9 Å². The summed E-state index contributed by atoms with van der Waals surface area (Å²) in [5.74, 6) is 0.912. The maximum Gasteiger partial charge on any atom is 0.219 e. The smallest absolute Gasteiger partial charge is 0.219 e. The van der Waals surface area contributed by atoms with Crippen molar-refractivity contribution in [3.8, 4) is 0 Å². The fourth-order valence-electron chi connectivity index (χ4n) is 4.26. The van der Waals surface area contributed by atoms with E-state index in [4.69, 9.17) is 0 Å². The van der Waals surface area contributed by atoms with E-state index in [-0.39, 0.29) is 5.91 Å². The van der Waals surface area contributed by atoms with Gasteiger partial charge in [-0.2, -0.15) is 0 Å². The lowest BCUT2D eigenvalue weighted by Gasteiger charge is -2.30. The summed E-state index contributed by atoms with van der Waals surface area (Å²) >= 11 is 0. The van der Waals surface area contributed by atoms with E-state index in [1.807, 2.05) is 4.90 Å². The number of carbonyl (C=O) groups excluding carboxylic acids is 1. The number of benzene rings is 1. The van der Waals surface area contributed by atoms with Gasteiger partial charge < -0.3 is 4.90 Å². The topological polar surface area (TPSA) is 26.8 Å². The van der Waals surface area contributed by atoms with Crippen molar-refractivity contribution in [2.45, 2.75) is 39.8 Å². The zero-order valence-corrected chi connectivity index (χ0v) is 15.4. The van der Waals surface area contributed by atoms with Crippen molar-refractivity contribution in [2.24, 2.45) is 5.92 Å². The molecule has 2 aliphatic rings. The predicted octanol–water partition coefficient (Wildman–Crippen LogP) is 2.37. The molecule has 2 saturated heterocycles. The second kappa shape index (κ2) is 7.66. The van der Waals surface area contributed by atoms with Gasteiger partial charge in [0, 0.05) is 58.8 Å². The van der Waals surface area contributed by atoms with E-state index in [1.165, 1.54) is 17.7 Å². The molecule has 132 valence electrons. The minimum absolute atomic E-state index is 0.220. The van der Waals surface area contributed by atoms with Crippen LogP contribution in [0.4, 0.5) is 0 Å². The lowest BCUT2D eigenvalue weighted by molar-refractivity contribution is -0.128. The molecule has 2 heterocycles. The largest absolute Gasteiger partial charge is 0.342 e. The van der Waals surface area contributed by atoms with E-state index in [9.17, 15) is 4.79 Å². The van der Waals surface area contributed by atoms with Crippen LogP contribution in [0.1, 0.15) is 31.4 Å². The zero-order chi connectivity index (χ0) is 17.1. The van der Waals surface area contributed by atoms with Crippen molar-refractivity contribution >= 4 is 5.91 Å². The number of amides is 1. The maximum absolute atomic E-state index is 11.6. The Morgan fingerprint density at radius 1 is 1.12 bits per heavy atom. The number of nitrogens with zero attached hydrogens (tertiary/aromatic N) is 3. The zero-order valence-electron chi connectivity index (χ0n) is 15.4. The molecule has 0 spiro atoms. The van der Waals surface area contributed by atoms with E-state index < -0.39 is 0 Å². The third-order valence-electron chi connectivity index (χ3n) is 5.75. The summed E-state index contributed by atoms with van der Waals surface area (Å²) in [7, 11) is 0. The maximum atomic E-state index is 11.6. The minimum Gasteiger partial charge on any atom is -0.342 e. The van der Waals surface area contributed by atoms with Gasteiger partial charge in [-0.1, -0.05) is 31.2 Å². The van der Waals surface area contributed by atoms with E-state index in [2.05, 4.69) is 47.9 Å². The molecule has 1 amide bonds. The molecule has 2 atom stereocenters. The van der Waals surface area contributed by atoms with Crippen LogP contribution in [-0.2, 0) is 11.3 Å². The van der Waals surface area contributed by atoms with E-state index in [0.29, 0.717) is 12.0 Å². The average molecular weight is 329 g/mol. The van der Waals surface area contributed by atoms with Crippen LogP contribution >= 0.6 is 0 Å². The van der Waals surface area contributed by atoms with Gasteiger partial charge in [0.25, 0.3) is 0 Å². The highest BCUT2D eigenvalue weighted by Gasteiger charge is 2.34. The SMILES string of the molecule is CC(=O)N1CCCN([C@H]2CN(Cc3ccccc3C)C[C@@H]2C)CC1. The first-order valence-electron chi connectivity index (χ1n) is 9.31. The number of hydrogen-bond donors (Lipinski definition) is 0. The van der Waals surface area contributed by atoms with Gasteiger partial charge >= 0.3 is 0 Å². The molecule has 0 radical (unpaired) electrons. The standard InChI is InChI=1S/C20H31N3O/c1-16-7-4-5-8-19(16)14-21-13-17(2)20(15-21)23-10-6-9-22(11-12-23)18(3)24/h4-5,7-8,17,20H,6,9-15H2,1-3H3/t17-,20-/m0/s1. The summed E-state index contributed by atoms with van der Waals surface area (Å²) in [6.45, 7) is 13.6. The summed E-state index contributed by atoms with van der Waals surface area (Å²) < 4.78 is 0. The van der Waals surface area contributed by atoms with Gasteiger partial charge in [-0.05, 0) is 30.4 Å². The van der Waals surface area contributed by atoms with E-state index in [1.54, 1.807) is 6.92 Å². The normalized spacial score (nSPS) is 26.5. The molecule has 2 fully saturated rings. The first-order chi connectivity index (χ1) is 11.5. The van der Waals surface area contributed by atoms with Crippen molar-refractivity contribution in [3.05, 3.63) is 35.4 Å². The van der Waals surface area contributed by atoms with Crippen molar-refractivity contribution in [3.63, 3.8) is 0 Å². The summed E-state index contributed by atoms with van der Waals surface area (Å²) in [5, 5.41) is 0. The van der Waals surface area contributed by atoms with Crippen molar-refractivity contribution < 1.29 is 4.79 Å². The molecule has 24 heavy (non-hydrogen) atoms. The first kappa shape index (κ1) is 17.4. The molecule has 0 N–H and O–H groups in total. The molecule has 0 aliphatic carbocycles. The summed E-state index contributed by atoms with van der Waals surface area (Å²) in [6, 6.07) is 9.35. The van der Waals surface area contributed by atoms with Crippen LogP contribution in [0.15, 0.2) is 24.3 Å². The Morgan fingerprint density at radius 2 is 1.92 bits per heavy atom. The Hall–Kier alpha value is -1.39. The van der Waals surface area contributed by atoms with Gasteiger partial charge in [0.2, 0.25) is 5.91 Å². The molecule has 0 saturated carbocycles. The number of carbonyl (C=O) groups is 1. The van der Waals surface area contributed by atoms with Crippen LogP contribution in [0, 0.1) is 12.8 Å². The molecular formula is C20H31N3O. The first-order valence-corrected chi connectivity index (χ1v) is 9.31. The molecule has 0 unspecified atom stereocenters. The van der Waals surface area contributed by atoms with Crippen molar-refractivity contribution in [2.75, 3.05) is 39.3 Å². The Kier molecular flexibility index (Phi) is 5.57. The second-order valence-electron chi connectivity index (χ2n) is 7.56. The molecule has 0 aromatic heterocycles. The lowest BCUT2D eigenvalue weighted by Crippen LogP contribution is -2.42. The van der Waals surface area contributed by atoms with E-state index in [0.717, 1.165) is 45.7 Å². The fraction of sp³-hybridized carbons (Fsp3) is 0.650. The second-order valence-corrected chi connectivity index (χ2v) is 7.56. The van der Waals surface area contributed by atoms with E-state index >= 15 is 0 Å². The summed E-state index contributed by atoms with van der Waals surface area (Å²) in [5.41, 5.74) is 2.84. The molecule has 0 bridgehead atoms. The van der Waals surface area contributed by atoms with Gasteiger partial charge in [-0.3, -0.25) is 14.6 Å².